The number of carboxylic acid groups (broad SMARTS) is 1. The van der Waals surface area contributed by atoms with Gasteiger partial charge in [-0.1, -0.05) is 0 Å². The highest BCUT2D eigenvalue weighted by atomic mass is 16.4. The fraction of sp³-hybridized carbons (Fsp3) is 0. The van der Waals surface area contributed by atoms with E-state index in [4.69, 9.17) is 9.52 Å². The maximum absolute atomic E-state index is 10.8. The largest absolute Gasteiger partial charge is 0.475 e. The number of hydrogen-bond donors (Lipinski definition) is 1. The Labute approximate surface area is 94.3 Å². The Morgan fingerprint density at radius 1 is 1.41 bits per heavy atom. The third-order valence-corrected chi connectivity index (χ3v) is 2.25. The van der Waals surface area contributed by atoms with Crippen LogP contribution in [0.3, 0.4) is 0 Å². The van der Waals surface area contributed by atoms with Gasteiger partial charge in [-0.2, -0.15) is 9.50 Å². The molecule has 84 valence electrons. The van der Waals surface area contributed by atoms with Crippen LogP contribution in [-0.2, 0) is 0 Å². The Hall–Kier alpha value is -2.70. The summed E-state index contributed by atoms with van der Waals surface area (Å²) in [6.07, 6.45) is 4.60. The van der Waals surface area contributed by atoms with Crippen LogP contribution in [0.1, 0.15) is 10.6 Å². The highest BCUT2D eigenvalue weighted by Gasteiger charge is 2.14. The Bertz CT molecular complexity index is 687. The molecule has 3 aromatic heterocycles. The van der Waals surface area contributed by atoms with E-state index in [0.717, 1.165) is 5.56 Å². The summed E-state index contributed by atoms with van der Waals surface area (Å²) in [7, 11) is 0. The van der Waals surface area contributed by atoms with Gasteiger partial charge in [-0.15, -0.1) is 5.10 Å². The van der Waals surface area contributed by atoms with Crippen LogP contribution in [0.2, 0.25) is 0 Å². The van der Waals surface area contributed by atoms with Crippen molar-refractivity contribution in [2.75, 3.05) is 0 Å². The molecule has 0 aliphatic rings. The van der Waals surface area contributed by atoms with E-state index in [9.17, 15) is 4.79 Å². The maximum Gasteiger partial charge on any atom is 0.375 e. The van der Waals surface area contributed by atoms with Gasteiger partial charge in [0, 0.05) is 11.8 Å². The average molecular weight is 230 g/mol. The van der Waals surface area contributed by atoms with Crippen LogP contribution in [0, 0.1) is 0 Å². The molecular formula is C10H6N4O3. The van der Waals surface area contributed by atoms with Crippen molar-refractivity contribution in [3.05, 3.63) is 36.7 Å². The average Bonchev–Trinajstić information content (AvgIpc) is 2.97. The molecule has 7 heteroatoms. The standard InChI is InChI=1S/C10H6N4O3/c15-9(16)8-12-10-11-3-1-7(14(10)13-8)6-2-4-17-5-6/h1-5H,(H,15,16). The van der Waals surface area contributed by atoms with Crippen LogP contribution in [-0.4, -0.2) is 30.7 Å². The molecule has 17 heavy (non-hydrogen) atoms. The minimum absolute atomic E-state index is 0.237. The molecule has 0 saturated heterocycles. The quantitative estimate of drug-likeness (QED) is 0.708. The number of rotatable bonds is 2. The first-order chi connectivity index (χ1) is 8.25. The summed E-state index contributed by atoms with van der Waals surface area (Å²) in [5, 5.41) is 12.7. The molecule has 0 unspecified atom stereocenters. The number of furan rings is 1. The summed E-state index contributed by atoms with van der Waals surface area (Å²) < 4.78 is 6.34. The molecule has 0 aliphatic heterocycles. The van der Waals surface area contributed by atoms with Crippen molar-refractivity contribution in [1.82, 2.24) is 19.6 Å². The number of carboxylic acids is 1. The molecular weight excluding hydrogens is 224 g/mol. The van der Waals surface area contributed by atoms with Crippen molar-refractivity contribution >= 4 is 11.7 Å². The first-order valence-corrected chi connectivity index (χ1v) is 4.73. The summed E-state index contributed by atoms with van der Waals surface area (Å²) in [5.74, 6) is -1.23. The first-order valence-electron chi connectivity index (χ1n) is 4.73. The van der Waals surface area contributed by atoms with Gasteiger partial charge in [0.1, 0.15) is 0 Å². The summed E-state index contributed by atoms with van der Waals surface area (Å²) in [5.41, 5.74) is 1.45. The van der Waals surface area contributed by atoms with E-state index in [0.29, 0.717) is 5.69 Å². The van der Waals surface area contributed by atoms with Gasteiger partial charge in [-0.05, 0) is 12.1 Å². The molecule has 7 nitrogen and oxygen atoms in total. The number of hydrogen-bond acceptors (Lipinski definition) is 5. The lowest BCUT2D eigenvalue weighted by atomic mass is 10.2. The Kier molecular flexibility index (Phi) is 1.91. The van der Waals surface area contributed by atoms with Gasteiger partial charge in [-0.3, -0.25) is 0 Å². The van der Waals surface area contributed by atoms with Gasteiger partial charge in [0.05, 0.1) is 18.2 Å². The Balaban J connectivity index is 2.29. The molecule has 1 N–H and O–H groups in total. The molecule has 0 amide bonds. The van der Waals surface area contributed by atoms with Gasteiger partial charge < -0.3 is 9.52 Å². The number of aromatic carboxylic acids is 1. The third kappa shape index (κ3) is 1.44. The molecule has 0 aromatic carbocycles. The third-order valence-electron chi connectivity index (χ3n) is 2.25. The minimum atomic E-state index is -1.19. The zero-order valence-electron chi connectivity index (χ0n) is 8.44. The summed E-state index contributed by atoms with van der Waals surface area (Å²) in [4.78, 5) is 18.5. The zero-order chi connectivity index (χ0) is 11.8. The number of carbonyl (C=O) groups is 1. The number of fused-ring (bicyclic) bond motifs is 1. The second kappa shape index (κ2) is 3.41. The molecule has 3 aromatic rings. The predicted molar refractivity (Wildman–Crippen MR) is 55.4 cm³/mol. The van der Waals surface area contributed by atoms with Crippen molar-refractivity contribution in [3.63, 3.8) is 0 Å². The van der Waals surface area contributed by atoms with Crippen LogP contribution in [0.5, 0.6) is 0 Å². The van der Waals surface area contributed by atoms with E-state index in [1.54, 1.807) is 12.1 Å². The molecule has 3 rings (SSSR count). The maximum atomic E-state index is 10.8. The van der Waals surface area contributed by atoms with E-state index in [2.05, 4.69) is 15.1 Å². The fourth-order valence-electron chi connectivity index (χ4n) is 1.51. The highest BCUT2D eigenvalue weighted by molar-refractivity contribution is 5.83. The Morgan fingerprint density at radius 3 is 3.00 bits per heavy atom. The topological polar surface area (TPSA) is 93.5 Å². The predicted octanol–water partition coefficient (Wildman–Crippen LogP) is 1.08. The first kappa shape index (κ1) is 9.52. The van der Waals surface area contributed by atoms with E-state index < -0.39 is 5.97 Å². The van der Waals surface area contributed by atoms with Crippen molar-refractivity contribution < 1.29 is 14.3 Å². The molecule has 3 heterocycles. The van der Waals surface area contributed by atoms with Gasteiger partial charge in [0.2, 0.25) is 0 Å². The van der Waals surface area contributed by atoms with Crippen LogP contribution in [0.25, 0.3) is 17.0 Å². The molecule has 0 radical (unpaired) electrons. The smallest absolute Gasteiger partial charge is 0.375 e. The van der Waals surface area contributed by atoms with Crippen molar-refractivity contribution in [2.24, 2.45) is 0 Å². The van der Waals surface area contributed by atoms with Crippen LogP contribution in [0.4, 0.5) is 0 Å². The van der Waals surface area contributed by atoms with E-state index >= 15 is 0 Å². The second-order valence-electron chi connectivity index (χ2n) is 3.29. The SMILES string of the molecule is O=C(O)c1nc2nccc(-c3ccoc3)n2n1. The lowest BCUT2D eigenvalue weighted by molar-refractivity contribution is 0.0684. The molecule has 0 spiro atoms. The lowest BCUT2D eigenvalue weighted by Crippen LogP contribution is -2.00. The summed E-state index contributed by atoms with van der Waals surface area (Å²) in [6.45, 7) is 0. The van der Waals surface area contributed by atoms with Gasteiger partial charge in [-0.25, -0.2) is 9.78 Å². The fourth-order valence-corrected chi connectivity index (χ4v) is 1.51. The van der Waals surface area contributed by atoms with Crippen LogP contribution < -0.4 is 0 Å². The van der Waals surface area contributed by atoms with Crippen LogP contribution >= 0.6 is 0 Å². The van der Waals surface area contributed by atoms with Crippen molar-refractivity contribution in [3.8, 4) is 11.3 Å². The van der Waals surface area contributed by atoms with Gasteiger partial charge in [0.15, 0.2) is 0 Å². The summed E-state index contributed by atoms with van der Waals surface area (Å²) in [6, 6.07) is 3.45. The molecule has 0 aliphatic carbocycles. The van der Waals surface area contributed by atoms with E-state index in [1.165, 1.54) is 23.2 Å². The zero-order valence-corrected chi connectivity index (χ0v) is 8.44. The van der Waals surface area contributed by atoms with Crippen LogP contribution in [0.15, 0.2) is 35.3 Å². The Morgan fingerprint density at radius 2 is 2.29 bits per heavy atom. The molecule has 0 fully saturated rings. The minimum Gasteiger partial charge on any atom is -0.475 e. The van der Waals surface area contributed by atoms with Crippen molar-refractivity contribution in [1.29, 1.82) is 0 Å². The molecule has 0 bridgehead atoms. The monoisotopic (exact) mass is 230 g/mol. The van der Waals surface area contributed by atoms with E-state index in [-0.39, 0.29) is 11.6 Å². The number of aromatic nitrogens is 4. The molecule has 0 atom stereocenters. The van der Waals surface area contributed by atoms with Gasteiger partial charge in [0.25, 0.3) is 11.6 Å². The van der Waals surface area contributed by atoms with Crippen molar-refractivity contribution in [2.45, 2.75) is 0 Å². The normalized spacial score (nSPS) is 10.8. The highest BCUT2D eigenvalue weighted by Crippen LogP contribution is 2.19. The van der Waals surface area contributed by atoms with Gasteiger partial charge >= 0.3 is 5.97 Å². The van der Waals surface area contributed by atoms with E-state index in [1.807, 2.05) is 0 Å². The lowest BCUT2D eigenvalue weighted by Gasteiger charge is -1.98. The molecule has 0 saturated carbocycles. The number of nitrogens with zero attached hydrogens (tertiary/aromatic N) is 4. The second-order valence-corrected chi connectivity index (χ2v) is 3.29. The summed E-state index contributed by atoms with van der Waals surface area (Å²) >= 11 is 0.